The monoisotopic (exact) mass is 271 g/mol. The van der Waals surface area contributed by atoms with Crippen molar-refractivity contribution in [3.63, 3.8) is 0 Å². The summed E-state index contributed by atoms with van der Waals surface area (Å²) in [5.74, 6) is 0. The molecule has 0 radical (unpaired) electrons. The van der Waals surface area contributed by atoms with Gasteiger partial charge in [-0.1, -0.05) is 12.1 Å². The van der Waals surface area contributed by atoms with E-state index in [0.717, 1.165) is 4.74 Å². The van der Waals surface area contributed by atoms with E-state index in [0.29, 0.717) is 5.56 Å². The van der Waals surface area contributed by atoms with Gasteiger partial charge in [-0.3, -0.25) is 5.21 Å². The molecule has 0 heterocycles. The number of benzene rings is 1. The Hall–Kier alpha value is -1.40. The number of nitrogens with zero attached hydrogens (tertiary/aromatic N) is 1. The molecule has 0 fully saturated rings. The van der Waals surface area contributed by atoms with Gasteiger partial charge in [-0.25, -0.2) is 13.1 Å². The van der Waals surface area contributed by atoms with Crippen LogP contribution >= 0.6 is 0 Å². The Bertz CT molecular complexity index is 557. The highest BCUT2D eigenvalue weighted by Crippen LogP contribution is 2.14. The van der Waals surface area contributed by atoms with Gasteiger partial charge in [0.15, 0.2) is 0 Å². The highest BCUT2D eigenvalue weighted by atomic mass is 32.2. The number of rotatable bonds is 3. The standard InChI is InChI=1S/C12H19N2O3S/c1-12(2,3)14(15)9-10-7-5-6-8-11(10)18(16,17)13-4/h5-9,13,15H,1-4H3/q+1/b14-9-. The zero-order chi connectivity index (χ0) is 14.0. The molecule has 0 aromatic heterocycles. The van der Waals surface area contributed by atoms with Crippen LogP contribution in [0.1, 0.15) is 26.3 Å². The Morgan fingerprint density at radius 1 is 1.28 bits per heavy atom. The molecule has 0 bridgehead atoms. The predicted molar refractivity (Wildman–Crippen MR) is 69.7 cm³/mol. The van der Waals surface area contributed by atoms with Gasteiger partial charge in [0.25, 0.3) is 0 Å². The van der Waals surface area contributed by atoms with Crippen molar-refractivity contribution >= 4 is 16.2 Å². The van der Waals surface area contributed by atoms with Crippen molar-refractivity contribution in [3.8, 4) is 0 Å². The van der Waals surface area contributed by atoms with Gasteiger partial charge in [-0.05, 0) is 23.9 Å². The number of hydroxylamine groups is 1. The van der Waals surface area contributed by atoms with E-state index in [1.54, 1.807) is 18.2 Å². The molecule has 0 aliphatic rings. The minimum atomic E-state index is -3.54. The van der Waals surface area contributed by atoms with Gasteiger partial charge in [-0.15, -0.1) is 0 Å². The average molecular weight is 271 g/mol. The molecule has 1 aromatic rings. The molecule has 100 valence electrons. The van der Waals surface area contributed by atoms with Crippen molar-refractivity contribution in [1.82, 2.24) is 4.72 Å². The van der Waals surface area contributed by atoms with Crippen LogP contribution in [0.4, 0.5) is 0 Å². The van der Waals surface area contributed by atoms with E-state index < -0.39 is 15.6 Å². The van der Waals surface area contributed by atoms with Crippen molar-refractivity contribution in [1.29, 1.82) is 0 Å². The lowest BCUT2D eigenvalue weighted by molar-refractivity contribution is -0.816. The SMILES string of the molecule is CNS(=O)(=O)c1ccccc1/C=[N+](\O)C(C)(C)C. The molecule has 0 spiro atoms. The summed E-state index contributed by atoms with van der Waals surface area (Å²) < 4.78 is 26.9. The van der Waals surface area contributed by atoms with Gasteiger partial charge in [0, 0.05) is 20.8 Å². The summed E-state index contributed by atoms with van der Waals surface area (Å²) in [4.78, 5) is 0.135. The van der Waals surface area contributed by atoms with Crippen LogP contribution in [0.5, 0.6) is 0 Å². The van der Waals surface area contributed by atoms with E-state index in [9.17, 15) is 13.6 Å². The van der Waals surface area contributed by atoms with Crippen LogP contribution in [0, 0.1) is 0 Å². The molecule has 0 unspecified atom stereocenters. The Balaban J connectivity index is 3.37. The molecule has 0 atom stereocenters. The quantitative estimate of drug-likeness (QED) is 0.376. The minimum absolute atomic E-state index is 0.135. The van der Waals surface area contributed by atoms with E-state index in [-0.39, 0.29) is 4.90 Å². The molecule has 0 aliphatic carbocycles. The first-order chi connectivity index (χ1) is 8.18. The fourth-order valence-corrected chi connectivity index (χ4v) is 2.18. The van der Waals surface area contributed by atoms with Crippen molar-refractivity contribution in [2.24, 2.45) is 0 Å². The van der Waals surface area contributed by atoms with Crippen LogP contribution in [0.25, 0.3) is 0 Å². The molecular formula is C12H19N2O3S+. The maximum atomic E-state index is 11.8. The van der Waals surface area contributed by atoms with Crippen LogP contribution in [-0.2, 0) is 10.0 Å². The van der Waals surface area contributed by atoms with Gasteiger partial charge in [0.1, 0.15) is 0 Å². The Morgan fingerprint density at radius 2 is 1.83 bits per heavy atom. The molecule has 1 aromatic carbocycles. The van der Waals surface area contributed by atoms with Gasteiger partial charge in [0.2, 0.25) is 21.8 Å². The lowest BCUT2D eigenvalue weighted by Crippen LogP contribution is -2.31. The average Bonchev–Trinajstić information content (AvgIpc) is 2.28. The summed E-state index contributed by atoms with van der Waals surface area (Å²) in [5, 5.41) is 9.86. The Kier molecular flexibility index (Phi) is 4.13. The highest BCUT2D eigenvalue weighted by Gasteiger charge is 2.26. The summed E-state index contributed by atoms with van der Waals surface area (Å²) in [6, 6.07) is 6.49. The van der Waals surface area contributed by atoms with Crippen LogP contribution < -0.4 is 4.72 Å². The van der Waals surface area contributed by atoms with Gasteiger partial charge in [-0.2, -0.15) is 0 Å². The fourth-order valence-electron chi connectivity index (χ4n) is 1.27. The molecule has 0 saturated heterocycles. The van der Waals surface area contributed by atoms with E-state index >= 15 is 0 Å². The molecule has 6 heteroatoms. The fraction of sp³-hybridized carbons (Fsp3) is 0.417. The summed E-state index contributed by atoms with van der Waals surface area (Å²) in [6.45, 7) is 5.45. The lowest BCUT2D eigenvalue weighted by Gasteiger charge is -2.10. The third-order valence-electron chi connectivity index (χ3n) is 2.43. The van der Waals surface area contributed by atoms with E-state index in [1.165, 1.54) is 19.3 Å². The van der Waals surface area contributed by atoms with Crippen molar-refractivity contribution in [2.75, 3.05) is 7.05 Å². The lowest BCUT2D eigenvalue weighted by atomic mass is 10.1. The summed E-state index contributed by atoms with van der Waals surface area (Å²) in [5.41, 5.74) is -0.0689. The van der Waals surface area contributed by atoms with E-state index in [1.807, 2.05) is 20.8 Å². The first kappa shape index (κ1) is 14.7. The second-order valence-corrected chi connectivity index (χ2v) is 6.74. The molecular weight excluding hydrogens is 252 g/mol. The molecule has 1 rings (SSSR count). The number of hydrogen-bond donors (Lipinski definition) is 2. The van der Waals surface area contributed by atoms with Gasteiger partial charge < -0.3 is 0 Å². The second kappa shape index (κ2) is 5.07. The maximum Gasteiger partial charge on any atom is 0.241 e. The molecule has 0 aliphatic heterocycles. The minimum Gasteiger partial charge on any atom is -0.290 e. The van der Waals surface area contributed by atoms with Crippen LogP contribution in [0.3, 0.4) is 0 Å². The molecule has 0 amide bonds. The Labute approximate surface area is 108 Å². The van der Waals surface area contributed by atoms with Crippen LogP contribution in [0.15, 0.2) is 29.2 Å². The largest absolute Gasteiger partial charge is 0.290 e. The summed E-state index contributed by atoms with van der Waals surface area (Å²) in [6.07, 6.45) is 1.41. The van der Waals surface area contributed by atoms with Gasteiger partial charge in [0.05, 0.1) is 10.5 Å². The first-order valence-electron chi connectivity index (χ1n) is 5.54. The van der Waals surface area contributed by atoms with Crippen LogP contribution in [-0.4, -0.2) is 37.2 Å². The highest BCUT2D eigenvalue weighted by molar-refractivity contribution is 7.89. The smallest absolute Gasteiger partial charge is 0.241 e. The predicted octanol–water partition coefficient (Wildman–Crippen LogP) is 1.21. The van der Waals surface area contributed by atoms with Crippen molar-refractivity contribution in [2.45, 2.75) is 31.2 Å². The maximum absolute atomic E-state index is 11.8. The normalized spacial score (nSPS) is 13.7. The number of sulfonamides is 1. The molecule has 2 N–H and O–H groups in total. The number of nitrogens with one attached hydrogen (secondary N) is 1. The third kappa shape index (κ3) is 3.30. The van der Waals surface area contributed by atoms with Gasteiger partial charge >= 0.3 is 0 Å². The van der Waals surface area contributed by atoms with Crippen molar-refractivity contribution < 1.29 is 18.4 Å². The van der Waals surface area contributed by atoms with E-state index in [2.05, 4.69) is 4.72 Å². The van der Waals surface area contributed by atoms with Crippen molar-refractivity contribution in [3.05, 3.63) is 29.8 Å². The van der Waals surface area contributed by atoms with Crippen LogP contribution in [0.2, 0.25) is 0 Å². The summed E-state index contributed by atoms with van der Waals surface area (Å²) >= 11 is 0. The molecule has 0 saturated carbocycles. The van der Waals surface area contributed by atoms with E-state index in [4.69, 9.17) is 0 Å². The zero-order valence-electron chi connectivity index (χ0n) is 11.0. The summed E-state index contributed by atoms with van der Waals surface area (Å²) in [7, 11) is -2.19. The second-order valence-electron chi connectivity index (χ2n) is 4.89. The Morgan fingerprint density at radius 3 is 2.33 bits per heavy atom. The topological polar surface area (TPSA) is 69.4 Å². The molecule has 5 nitrogen and oxygen atoms in total. The third-order valence-corrected chi connectivity index (χ3v) is 3.91. The first-order valence-corrected chi connectivity index (χ1v) is 7.02. The molecule has 18 heavy (non-hydrogen) atoms. The zero-order valence-corrected chi connectivity index (χ0v) is 11.8. The number of hydrogen-bond acceptors (Lipinski definition) is 3.